The second kappa shape index (κ2) is 8.29. The largest absolute Gasteiger partial charge is 0.360 e. The van der Waals surface area contributed by atoms with E-state index < -0.39 is 0 Å². The van der Waals surface area contributed by atoms with Crippen LogP contribution in [0, 0.1) is 28.6 Å². The number of hydrogen-bond donors (Lipinski definition) is 1. The molecule has 2 unspecified atom stereocenters. The average molecular weight is 465 g/mol. The Hall–Kier alpha value is -4.21. The number of H-pyrrole nitrogens is 1. The summed E-state index contributed by atoms with van der Waals surface area (Å²) in [5.74, 6) is 0.961. The van der Waals surface area contributed by atoms with Gasteiger partial charge in [-0.25, -0.2) is 4.98 Å². The predicted octanol–water partition coefficient (Wildman–Crippen LogP) is 4.89. The van der Waals surface area contributed by atoms with Crippen LogP contribution in [0.15, 0.2) is 54.7 Å². The number of rotatable bonds is 5. The first-order chi connectivity index (χ1) is 16.8. The Labute approximate surface area is 199 Å². The molecule has 6 heterocycles. The van der Waals surface area contributed by atoms with Crippen molar-refractivity contribution in [1.82, 2.24) is 24.7 Å². The van der Waals surface area contributed by atoms with Gasteiger partial charge in [-0.15, -0.1) is 11.3 Å². The summed E-state index contributed by atoms with van der Waals surface area (Å²) in [5.41, 5.74) is 3.61. The topological polar surface area (TPSA) is 110 Å². The molecule has 0 aliphatic carbocycles. The van der Waals surface area contributed by atoms with Crippen LogP contribution in [-0.4, -0.2) is 37.8 Å². The van der Waals surface area contributed by atoms with Crippen molar-refractivity contribution in [3.63, 3.8) is 0 Å². The van der Waals surface area contributed by atoms with E-state index >= 15 is 0 Å². The van der Waals surface area contributed by atoms with Gasteiger partial charge >= 0.3 is 0 Å². The zero-order chi connectivity index (χ0) is 23.1. The van der Waals surface area contributed by atoms with Gasteiger partial charge in [-0.3, -0.25) is 9.67 Å². The van der Waals surface area contributed by atoms with Crippen LogP contribution < -0.4 is 4.90 Å². The molecule has 1 aliphatic heterocycles. The van der Waals surface area contributed by atoms with Crippen LogP contribution in [0.4, 0.5) is 5.82 Å². The minimum atomic E-state index is -0.0573. The van der Waals surface area contributed by atoms with Crippen LogP contribution in [0.2, 0.25) is 0 Å². The van der Waals surface area contributed by atoms with Gasteiger partial charge in [-0.1, -0.05) is 0 Å². The lowest BCUT2D eigenvalue weighted by atomic mass is 9.96. The van der Waals surface area contributed by atoms with Gasteiger partial charge < -0.3 is 9.88 Å². The maximum Gasteiger partial charge on any atom is 0.147 e. The minimum Gasteiger partial charge on any atom is -0.360 e. The molecule has 1 fully saturated rings. The van der Waals surface area contributed by atoms with Crippen LogP contribution in [-0.2, 0) is 0 Å². The van der Waals surface area contributed by atoms with Crippen molar-refractivity contribution in [2.45, 2.75) is 18.9 Å². The molecule has 0 amide bonds. The number of thiophene rings is 1. The quantitative estimate of drug-likeness (QED) is 0.397. The van der Waals surface area contributed by atoms with Gasteiger partial charge in [0.25, 0.3) is 0 Å². The maximum atomic E-state index is 9.83. The molecule has 0 bridgehead atoms. The van der Waals surface area contributed by atoms with Crippen molar-refractivity contribution in [3.8, 4) is 23.3 Å². The van der Waals surface area contributed by atoms with Gasteiger partial charge in [-0.05, 0) is 23.9 Å². The number of nitrogens with one attached hydrogen (secondary N) is 1. The van der Waals surface area contributed by atoms with Crippen molar-refractivity contribution >= 4 is 38.1 Å². The summed E-state index contributed by atoms with van der Waals surface area (Å²) in [6.45, 7) is 1.53. The first kappa shape index (κ1) is 20.4. The normalized spacial score (nSPS) is 16.6. The molecular formula is C25H20N8S. The molecule has 0 radical (unpaired) electrons. The van der Waals surface area contributed by atoms with Gasteiger partial charge in [-0.2, -0.15) is 15.6 Å². The molecule has 0 saturated carbocycles. The Bertz CT molecular complexity index is 1580. The number of pyridine rings is 2. The number of nitrogens with zero attached hydrogens (tertiary/aromatic N) is 7. The molecule has 6 rings (SSSR count). The maximum absolute atomic E-state index is 9.83. The van der Waals surface area contributed by atoms with Gasteiger partial charge in [0.1, 0.15) is 17.5 Å². The van der Waals surface area contributed by atoms with Crippen molar-refractivity contribution < 1.29 is 0 Å². The van der Waals surface area contributed by atoms with E-state index in [1.54, 1.807) is 11.3 Å². The Morgan fingerprint density at radius 1 is 1.21 bits per heavy atom. The van der Waals surface area contributed by atoms with E-state index in [-0.39, 0.29) is 12.0 Å². The van der Waals surface area contributed by atoms with Crippen molar-refractivity contribution in [2.75, 3.05) is 18.0 Å². The van der Waals surface area contributed by atoms with Crippen LogP contribution in [0.25, 0.3) is 32.1 Å². The number of nitriles is 2. The lowest BCUT2D eigenvalue weighted by Crippen LogP contribution is -2.26. The third-order valence-corrected chi connectivity index (χ3v) is 7.63. The molecule has 166 valence electrons. The number of aromatic nitrogens is 5. The lowest BCUT2D eigenvalue weighted by molar-refractivity contribution is 0.332. The second-order valence-corrected chi connectivity index (χ2v) is 9.45. The Kier molecular flexibility index (Phi) is 4.97. The Balaban J connectivity index is 1.29. The Morgan fingerprint density at radius 2 is 2.15 bits per heavy atom. The zero-order valence-corrected chi connectivity index (χ0v) is 19.0. The highest BCUT2D eigenvalue weighted by Crippen LogP contribution is 2.37. The highest BCUT2D eigenvalue weighted by molar-refractivity contribution is 7.17. The predicted molar refractivity (Wildman–Crippen MR) is 131 cm³/mol. The molecule has 8 nitrogen and oxygen atoms in total. The first-order valence-electron chi connectivity index (χ1n) is 11.1. The molecule has 2 atom stereocenters. The van der Waals surface area contributed by atoms with Crippen LogP contribution in [0.5, 0.6) is 0 Å². The third kappa shape index (κ3) is 3.30. The molecule has 0 aromatic carbocycles. The van der Waals surface area contributed by atoms with Crippen LogP contribution in [0.1, 0.15) is 24.4 Å². The van der Waals surface area contributed by atoms with Gasteiger partial charge in [0, 0.05) is 65.7 Å². The molecule has 34 heavy (non-hydrogen) atoms. The average Bonchev–Trinajstić information content (AvgIpc) is 3.67. The van der Waals surface area contributed by atoms with Crippen LogP contribution >= 0.6 is 11.3 Å². The summed E-state index contributed by atoms with van der Waals surface area (Å²) in [5, 5.41) is 28.2. The Morgan fingerprint density at radius 3 is 3.03 bits per heavy atom. The van der Waals surface area contributed by atoms with Crippen molar-refractivity contribution in [1.29, 1.82) is 10.5 Å². The number of anilines is 1. The molecule has 1 saturated heterocycles. The highest BCUT2D eigenvalue weighted by atomic mass is 32.1. The smallest absolute Gasteiger partial charge is 0.147 e. The molecule has 0 spiro atoms. The van der Waals surface area contributed by atoms with E-state index in [1.807, 2.05) is 59.4 Å². The summed E-state index contributed by atoms with van der Waals surface area (Å²) in [6, 6.07) is 8.69. The van der Waals surface area contributed by atoms with Crippen LogP contribution in [0.3, 0.4) is 0 Å². The fourth-order valence-corrected chi connectivity index (χ4v) is 5.86. The zero-order valence-electron chi connectivity index (χ0n) is 18.2. The summed E-state index contributed by atoms with van der Waals surface area (Å²) < 4.78 is 2.91. The fourth-order valence-electron chi connectivity index (χ4n) is 4.99. The summed E-state index contributed by atoms with van der Waals surface area (Å²) >= 11 is 1.57. The molecule has 5 aromatic rings. The summed E-state index contributed by atoms with van der Waals surface area (Å²) in [7, 11) is 0. The van der Waals surface area contributed by atoms with E-state index in [1.165, 1.54) is 0 Å². The molecular weight excluding hydrogens is 444 g/mol. The fraction of sp³-hybridized carbons (Fsp3) is 0.240. The summed E-state index contributed by atoms with van der Waals surface area (Å²) in [4.78, 5) is 14.4. The van der Waals surface area contributed by atoms with Gasteiger partial charge in [0.15, 0.2) is 0 Å². The van der Waals surface area contributed by atoms with Crippen molar-refractivity contribution in [3.05, 3.63) is 60.3 Å². The van der Waals surface area contributed by atoms with Crippen molar-refractivity contribution in [2.24, 2.45) is 5.92 Å². The number of hydrogen-bond acceptors (Lipinski definition) is 7. The minimum absolute atomic E-state index is 0.0573. The standard InChI is InChI=1S/C25H20N8S/c26-5-1-23(33-15-18(11-31-33)21-12-28-13-22-19(21)2-6-29-22)17-3-7-32(14-17)25-20(9-27)24-16(10-30-25)4-8-34-24/h2,4,6,8,10-13,15,17,23,29H,1,3,7,14H2. The first-order valence-corrected chi connectivity index (χ1v) is 12.0. The highest BCUT2D eigenvalue weighted by Gasteiger charge is 2.33. The molecule has 1 N–H and O–H groups in total. The van der Waals surface area contributed by atoms with Gasteiger partial charge in [0.2, 0.25) is 0 Å². The van der Waals surface area contributed by atoms with E-state index in [2.05, 4.69) is 37.1 Å². The number of fused-ring (bicyclic) bond motifs is 2. The monoisotopic (exact) mass is 464 g/mol. The summed E-state index contributed by atoms with van der Waals surface area (Å²) in [6.07, 6.45) is 12.6. The van der Waals surface area contributed by atoms with E-state index in [0.29, 0.717) is 12.0 Å². The third-order valence-electron chi connectivity index (χ3n) is 6.68. The molecule has 9 heteroatoms. The second-order valence-electron chi connectivity index (χ2n) is 8.53. The molecule has 1 aliphatic rings. The number of aromatic amines is 1. The molecule has 5 aromatic heterocycles. The lowest BCUT2D eigenvalue weighted by Gasteiger charge is -2.23. The van der Waals surface area contributed by atoms with E-state index in [4.69, 9.17) is 0 Å². The SMILES string of the molecule is N#CCC(C1CCN(c2ncc3ccsc3c2C#N)C1)n1cc(-c2cncc3[nH]ccc23)cn1. The van der Waals surface area contributed by atoms with Gasteiger partial charge in [0.05, 0.1) is 41.1 Å². The van der Waals surface area contributed by atoms with E-state index in [9.17, 15) is 10.5 Å². The van der Waals surface area contributed by atoms with E-state index in [0.717, 1.165) is 57.4 Å².